The smallest absolute Gasteiger partial charge is 0.399 e. The van der Waals surface area contributed by atoms with Gasteiger partial charge in [0.15, 0.2) is 9.84 Å². The van der Waals surface area contributed by atoms with E-state index in [1.807, 2.05) is 46.9 Å². The van der Waals surface area contributed by atoms with E-state index < -0.39 is 28.2 Å². The second kappa shape index (κ2) is 6.37. The second-order valence-corrected chi connectivity index (χ2v) is 10.4. The van der Waals surface area contributed by atoms with Gasteiger partial charge in [0.1, 0.15) is 0 Å². The lowest BCUT2D eigenvalue weighted by Crippen LogP contribution is -2.41. The molecule has 0 amide bonds. The van der Waals surface area contributed by atoms with Crippen molar-refractivity contribution in [3.05, 3.63) is 24.3 Å². The Kier molecular flexibility index (Phi) is 4.82. The molecule has 2 fully saturated rings. The van der Waals surface area contributed by atoms with Gasteiger partial charge in [-0.25, -0.2) is 8.42 Å². The Morgan fingerprint density at radius 1 is 1.00 bits per heavy atom. The van der Waals surface area contributed by atoms with Crippen LogP contribution in [0, 0.1) is 0 Å². The number of sulfone groups is 1. The second-order valence-electron chi connectivity index (χ2n) is 8.20. The zero-order valence-corrected chi connectivity index (χ0v) is 16.6. The molecule has 0 unspecified atom stereocenters. The molecule has 0 atom stereocenters. The maximum absolute atomic E-state index is 12.9. The average molecular weight is 365 g/mol. The highest BCUT2D eigenvalue weighted by molar-refractivity contribution is 7.92. The van der Waals surface area contributed by atoms with Crippen molar-refractivity contribution in [1.82, 2.24) is 4.90 Å². The SMILES string of the molecule is CN1CCC(S(=O)(=O)c2ccc(B3OC(C)(C)C(C)(C)O3)cc2)CC1. The lowest BCUT2D eigenvalue weighted by molar-refractivity contribution is 0.00578. The van der Waals surface area contributed by atoms with Crippen LogP contribution in [0.5, 0.6) is 0 Å². The summed E-state index contributed by atoms with van der Waals surface area (Å²) >= 11 is 0. The minimum atomic E-state index is -3.28. The number of piperidine rings is 1. The van der Waals surface area contributed by atoms with Gasteiger partial charge in [0.25, 0.3) is 0 Å². The first kappa shape index (κ1) is 18.9. The van der Waals surface area contributed by atoms with Crippen LogP contribution in [0.15, 0.2) is 29.2 Å². The molecule has 0 radical (unpaired) electrons. The maximum atomic E-state index is 12.9. The summed E-state index contributed by atoms with van der Waals surface area (Å²) in [6.45, 7) is 9.68. The van der Waals surface area contributed by atoms with E-state index >= 15 is 0 Å². The molecule has 138 valence electrons. The van der Waals surface area contributed by atoms with Crippen molar-refractivity contribution >= 4 is 22.4 Å². The maximum Gasteiger partial charge on any atom is 0.494 e. The molecule has 1 aromatic carbocycles. The van der Waals surface area contributed by atoms with E-state index in [-0.39, 0.29) is 5.25 Å². The zero-order valence-electron chi connectivity index (χ0n) is 15.8. The van der Waals surface area contributed by atoms with E-state index in [0.29, 0.717) is 17.7 Å². The van der Waals surface area contributed by atoms with Crippen molar-refractivity contribution in [2.75, 3.05) is 20.1 Å². The molecular formula is C18H28BNO4S. The van der Waals surface area contributed by atoms with Crippen LogP contribution in [-0.4, -0.2) is 57.0 Å². The van der Waals surface area contributed by atoms with Gasteiger partial charge in [-0.15, -0.1) is 0 Å². The van der Waals surface area contributed by atoms with E-state index in [9.17, 15) is 8.42 Å². The molecule has 25 heavy (non-hydrogen) atoms. The summed E-state index contributed by atoms with van der Waals surface area (Å²) in [5, 5.41) is -0.286. The molecule has 2 aliphatic rings. The van der Waals surface area contributed by atoms with Gasteiger partial charge in [0.05, 0.1) is 21.3 Å². The summed E-state index contributed by atoms with van der Waals surface area (Å²) in [4.78, 5) is 2.57. The Morgan fingerprint density at radius 3 is 1.96 bits per heavy atom. The van der Waals surface area contributed by atoms with Crippen LogP contribution in [-0.2, 0) is 19.1 Å². The third-order valence-electron chi connectivity index (χ3n) is 5.84. The molecule has 0 bridgehead atoms. The molecule has 7 heteroatoms. The molecule has 0 aromatic heterocycles. The quantitative estimate of drug-likeness (QED) is 0.766. The van der Waals surface area contributed by atoms with Crippen LogP contribution in [0.4, 0.5) is 0 Å². The van der Waals surface area contributed by atoms with E-state index in [1.54, 1.807) is 12.1 Å². The van der Waals surface area contributed by atoms with Gasteiger partial charge in [-0.05, 0) is 78.3 Å². The molecule has 0 N–H and O–H groups in total. The first-order valence-electron chi connectivity index (χ1n) is 8.91. The first-order valence-corrected chi connectivity index (χ1v) is 10.5. The first-order chi connectivity index (χ1) is 11.5. The number of rotatable bonds is 3. The molecule has 2 heterocycles. The fourth-order valence-electron chi connectivity index (χ4n) is 3.28. The van der Waals surface area contributed by atoms with Crippen molar-refractivity contribution in [1.29, 1.82) is 0 Å². The Bertz CT molecular complexity index is 706. The van der Waals surface area contributed by atoms with Gasteiger partial charge in [-0.1, -0.05) is 12.1 Å². The third-order valence-corrected chi connectivity index (χ3v) is 8.12. The summed E-state index contributed by atoms with van der Waals surface area (Å²) < 4.78 is 37.8. The lowest BCUT2D eigenvalue weighted by Gasteiger charge is -2.32. The Balaban J connectivity index is 1.77. The van der Waals surface area contributed by atoms with E-state index in [0.717, 1.165) is 18.6 Å². The number of hydrogen-bond donors (Lipinski definition) is 0. The molecule has 0 aliphatic carbocycles. The molecule has 1 aromatic rings. The molecule has 0 saturated carbocycles. The minimum absolute atomic E-state index is 0.286. The summed E-state index contributed by atoms with van der Waals surface area (Å²) in [7, 11) is -1.72. The summed E-state index contributed by atoms with van der Waals surface area (Å²) in [5.74, 6) is 0. The van der Waals surface area contributed by atoms with E-state index in [2.05, 4.69) is 4.90 Å². The minimum Gasteiger partial charge on any atom is -0.399 e. The largest absolute Gasteiger partial charge is 0.494 e. The number of likely N-dealkylation sites (tertiary alicyclic amines) is 1. The molecular weight excluding hydrogens is 337 g/mol. The van der Waals surface area contributed by atoms with Crippen LogP contribution in [0.2, 0.25) is 0 Å². The van der Waals surface area contributed by atoms with Crippen molar-refractivity contribution in [2.45, 2.75) is 61.9 Å². The highest BCUT2D eigenvalue weighted by Gasteiger charge is 2.51. The van der Waals surface area contributed by atoms with Crippen molar-refractivity contribution in [3.63, 3.8) is 0 Å². The number of nitrogens with zero attached hydrogens (tertiary/aromatic N) is 1. The third kappa shape index (κ3) is 3.52. The van der Waals surface area contributed by atoms with E-state index in [4.69, 9.17) is 9.31 Å². The monoisotopic (exact) mass is 365 g/mol. The zero-order chi connectivity index (χ0) is 18.5. The molecule has 5 nitrogen and oxygen atoms in total. The van der Waals surface area contributed by atoms with Gasteiger partial charge < -0.3 is 14.2 Å². The topological polar surface area (TPSA) is 55.8 Å². The summed E-state index contributed by atoms with van der Waals surface area (Å²) in [6, 6.07) is 7.00. The molecule has 2 aliphatic heterocycles. The molecule has 3 rings (SSSR count). The summed E-state index contributed by atoms with van der Waals surface area (Å²) in [5.41, 5.74) is 0.0357. The molecule has 0 spiro atoms. The van der Waals surface area contributed by atoms with Crippen LogP contribution >= 0.6 is 0 Å². The van der Waals surface area contributed by atoms with Gasteiger partial charge in [-0.3, -0.25) is 0 Å². The van der Waals surface area contributed by atoms with Gasteiger partial charge >= 0.3 is 7.12 Å². The highest BCUT2D eigenvalue weighted by Crippen LogP contribution is 2.36. The normalized spacial score (nSPS) is 24.6. The van der Waals surface area contributed by atoms with Crippen molar-refractivity contribution in [2.24, 2.45) is 0 Å². The number of hydrogen-bond acceptors (Lipinski definition) is 5. The van der Waals surface area contributed by atoms with Gasteiger partial charge in [-0.2, -0.15) is 0 Å². The Labute approximate surface area is 151 Å². The lowest BCUT2D eigenvalue weighted by atomic mass is 9.79. The predicted octanol–water partition coefficient (Wildman–Crippen LogP) is 1.85. The summed E-state index contributed by atoms with van der Waals surface area (Å²) in [6.07, 6.45) is 1.38. The van der Waals surface area contributed by atoms with Crippen LogP contribution in [0.3, 0.4) is 0 Å². The van der Waals surface area contributed by atoms with Crippen LogP contribution in [0.25, 0.3) is 0 Å². The van der Waals surface area contributed by atoms with Gasteiger partial charge in [0, 0.05) is 0 Å². The Morgan fingerprint density at radius 2 is 1.48 bits per heavy atom. The Hall–Kier alpha value is -0.885. The number of benzene rings is 1. The standard InChI is InChI=1S/C18H28BNO4S/c1-17(2)18(3,4)24-19(23-17)14-6-8-15(9-7-14)25(21,22)16-10-12-20(5)13-11-16/h6-9,16H,10-13H2,1-5H3. The average Bonchev–Trinajstić information content (AvgIpc) is 2.76. The fourth-order valence-corrected chi connectivity index (χ4v) is 5.01. The van der Waals surface area contributed by atoms with Crippen LogP contribution in [0.1, 0.15) is 40.5 Å². The van der Waals surface area contributed by atoms with Crippen molar-refractivity contribution < 1.29 is 17.7 Å². The predicted molar refractivity (Wildman–Crippen MR) is 99.9 cm³/mol. The molecule has 2 saturated heterocycles. The van der Waals surface area contributed by atoms with Gasteiger partial charge in [0.2, 0.25) is 0 Å². The highest BCUT2D eigenvalue weighted by atomic mass is 32.2. The van der Waals surface area contributed by atoms with Crippen molar-refractivity contribution in [3.8, 4) is 0 Å². The van der Waals surface area contributed by atoms with Crippen LogP contribution < -0.4 is 5.46 Å². The fraction of sp³-hybridized carbons (Fsp3) is 0.667. The van der Waals surface area contributed by atoms with E-state index in [1.165, 1.54) is 0 Å².